The van der Waals surface area contributed by atoms with Crippen LogP contribution in [-0.2, 0) is 18.7 Å². The first-order valence-corrected chi connectivity index (χ1v) is 12.5. The van der Waals surface area contributed by atoms with Gasteiger partial charge in [-0.15, -0.1) is 0 Å². The van der Waals surface area contributed by atoms with E-state index in [0.29, 0.717) is 0 Å². The van der Waals surface area contributed by atoms with Crippen molar-refractivity contribution in [1.29, 1.82) is 0 Å². The molecule has 0 saturated carbocycles. The summed E-state index contributed by atoms with van der Waals surface area (Å²) in [6.07, 6.45) is -1.06. The normalized spacial score (nSPS) is 24.3. The summed E-state index contributed by atoms with van der Waals surface area (Å²) in [6, 6.07) is -0.536. The number of rotatable bonds is 5. The van der Waals surface area contributed by atoms with Gasteiger partial charge in [-0.1, -0.05) is 20.8 Å². The molecule has 1 aliphatic rings. The third-order valence-electron chi connectivity index (χ3n) is 5.02. The van der Waals surface area contributed by atoms with Crippen LogP contribution in [0.25, 0.3) is 0 Å². The minimum absolute atomic E-state index is 0.0578. The number of likely N-dealkylation sites (tertiary alicyclic amines) is 1. The highest BCUT2D eigenvalue weighted by atomic mass is 32.2. The SMILES string of the molecule is CC(C)(C)N1C[C@H](OS(=O)(=O)C(F)(F)F)[C@H]1CO[Si](C)(C)C(C)(C)C. The largest absolute Gasteiger partial charge is 0.523 e. The molecule has 150 valence electrons. The van der Waals surface area contributed by atoms with Gasteiger partial charge < -0.3 is 4.43 Å². The van der Waals surface area contributed by atoms with Crippen LogP contribution < -0.4 is 0 Å². The molecule has 25 heavy (non-hydrogen) atoms. The number of alkyl halides is 3. The van der Waals surface area contributed by atoms with Crippen LogP contribution in [-0.4, -0.2) is 58.0 Å². The molecule has 1 aliphatic heterocycles. The Balaban J connectivity index is 2.92. The summed E-state index contributed by atoms with van der Waals surface area (Å²) in [4.78, 5) is 1.91. The maximum atomic E-state index is 12.6. The fraction of sp³-hybridized carbons (Fsp3) is 1.00. The quantitative estimate of drug-likeness (QED) is 0.396. The van der Waals surface area contributed by atoms with Crippen molar-refractivity contribution in [2.45, 2.75) is 82.9 Å². The number of halogens is 3. The van der Waals surface area contributed by atoms with Gasteiger partial charge in [0, 0.05) is 12.1 Å². The second-order valence-electron chi connectivity index (χ2n) is 9.00. The van der Waals surface area contributed by atoms with Crippen molar-refractivity contribution in [2.24, 2.45) is 0 Å². The molecule has 1 rings (SSSR count). The molecule has 5 nitrogen and oxygen atoms in total. The Morgan fingerprint density at radius 1 is 1.08 bits per heavy atom. The van der Waals surface area contributed by atoms with E-state index in [9.17, 15) is 21.6 Å². The van der Waals surface area contributed by atoms with Crippen molar-refractivity contribution in [2.75, 3.05) is 13.2 Å². The number of hydrogen-bond acceptors (Lipinski definition) is 5. The average molecular weight is 406 g/mol. The van der Waals surface area contributed by atoms with Gasteiger partial charge in [0.05, 0.1) is 12.6 Å². The van der Waals surface area contributed by atoms with E-state index in [1.54, 1.807) is 0 Å². The molecule has 2 atom stereocenters. The monoisotopic (exact) mass is 405 g/mol. The molecular weight excluding hydrogens is 375 g/mol. The summed E-state index contributed by atoms with van der Waals surface area (Å²) >= 11 is 0. The second kappa shape index (κ2) is 6.77. The summed E-state index contributed by atoms with van der Waals surface area (Å²) in [7, 11) is -7.73. The van der Waals surface area contributed by atoms with E-state index in [1.807, 2.05) is 38.8 Å². The van der Waals surface area contributed by atoms with Gasteiger partial charge >= 0.3 is 15.6 Å². The minimum atomic E-state index is -5.61. The predicted octanol–water partition coefficient (Wildman–Crippen LogP) is 3.73. The molecule has 0 aromatic rings. The Labute approximate surface area is 150 Å². The molecule has 1 saturated heterocycles. The van der Waals surface area contributed by atoms with Crippen molar-refractivity contribution in [3.63, 3.8) is 0 Å². The molecule has 0 N–H and O–H groups in total. The van der Waals surface area contributed by atoms with Crippen molar-refractivity contribution < 1.29 is 30.2 Å². The van der Waals surface area contributed by atoms with Gasteiger partial charge in [-0.2, -0.15) is 21.6 Å². The van der Waals surface area contributed by atoms with Crippen molar-refractivity contribution in [3.8, 4) is 0 Å². The van der Waals surface area contributed by atoms with Crippen LogP contribution in [0.15, 0.2) is 0 Å². The fourth-order valence-electron chi connectivity index (χ4n) is 2.30. The van der Waals surface area contributed by atoms with Gasteiger partial charge in [-0.25, -0.2) is 0 Å². The van der Waals surface area contributed by atoms with E-state index >= 15 is 0 Å². The van der Waals surface area contributed by atoms with E-state index in [2.05, 4.69) is 25.0 Å². The van der Waals surface area contributed by atoms with E-state index in [4.69, 9.17) is 4.43 Å². The summed E-state index contributed by atoms with van der Waals surface area (Å²) in [5.41, 5.74) is -5.75. The maximum Gasteiger partial charge on any atom is 0.523 e. The van der Waals surface area contributed by atoms with E-state index in [0.717, 1.165) is 0 Å². The Morgan fingerprint density at radius 3 is 1.92 bits per heavy atom. The zero-order valence-corrected chi connectivity index (χ0v) is 18.0. The third kappa shape index (κ3) is 5.18. The molecule has 0 bridgehead atoms. The molecule has 0 spiro atoms. The van der Waals surface area contributed by atoms with Crippen LogP contribution in [0, 0.1) is 0 Å². The van der Waals surface area contributed by atoms with E-state index in [1.165, 1.54) is 0 Å². The third-order valence-corrected chi connectivity index (χ3v) is 10.6. The molecular formula is C15H30F3NO4SSi. The highest BCUT2D eigenvalue weighted by molar-refractivity contribution is 7.87. The minimum Gasteiger partial charge on any atom is -0.415 e. The van der Waals surface area contributed by atoms with Crippen LogP contribution in [0.2, 0.25) is 18.1 Å². The zero-order valence-electron chi connectivity index (χ0n) is 16.2. The van der Waals surface area contributed by atoms with Gasteiger partial charge in [0.1, 0.15) is 6.10 Å². The highest BCUT2D eigenvalue weighted by Gasteiger charge is 2.54. The maximum absolute atomic E-state index is 12.6. The summed E-state index contributed by atoms with van der Waals surface area (Å²) in [6.45, 7) is 16.3. The van der Waals surface area contributed by atoms with Crippen molar-refractivity contribution >= 4 is 18.4 Å². The predicted molar refractivity (Wildman–Crippen MR) is 93.2 cm³/mol. The van der Waals surface area contributed by atoms with Gasteiger partial charge in [-0.05, 0) is 38.9 Å². The lowest BCUT2D eigenvalue weighted by Crippen LogP contribution is -2.69. The summed E-state index contributed by atoms with van der Waals surface area (Å²) in [5, 5.41) is -0.0578. The lowest BCUT2D eigenvalue weighted by Gasteiger charge is -2.54. The number of hydrogen-bond donors (Lipinski definition) is 0. The average Bonchev–Trinajstić information content (AvgIpc) is 2.29. The van der Waals surface area contributed by atoms with E-state index < -0.39 is 36.1 Å². The molecule has 1 heterocycles. The molecule has 0 radical (unpaired) electrons. The number of nitrogens with zero attached hydrogens (tertiary/aromatic N) is 1. The van der Waals surface area contributed by atoms with Gasteiger partial charge in [0.2, 0.25) is 0 Å². The van der Waals surface area contributed by atoms with Crippen LogP contribution in [0.1, 0.15) is 41.5 Å². The first kappa shape index (κ1) is 22.9. The second-order valence-corrected chi connectivity index (χ2v) is 15.4. The molecule has 0 aromatic carbocycles. The lowest BCUT2D eigenvalue weighted by molar-refractivity contribution is -0.120. The Bertz CT molecular complexity index is 579. The topological polar surface area (TPSA) is 55.8 Å². The van der Waals surface area contributed by atoms with Crippen molar-refractivity contribution in [1.82, 2.24) is 4.90 Å². The smallest absolute Gasteiger partial charge is 0.415 e. The van der Waals surface area contributed by atoms with Crippen LogP contribution in [0.5, 0.6) is 0 Å². The summed E-state index contributed by atoms with van der Waals surface area (Å²) in [5.74, 6) is 0. The standard InChI is InChI=1S/C15H30F3NO4SSi/c1-13(2,3)19-9-12(23-24(20,21)15(16,17)18)11(19)10-22-25(7,8)14(4,5)6/h11-12H,9-10H2,1-8H3/t11-,12+/m1/s1. The molecule has 0 aliphatic carbocycles. The van der Waals surface area contributed by atoms with Crippen LogP contribution in [0.3, 0.4) is 0 Å². The molecule has 1 fully saturated rings. The van der Waals surface area contributed by atoms with Gasteiger partial charge in [-0.3, -0.25) is 9.08 Å². The Hall–Kier alpha value is -0.163. The Kier molecular flexibility index (Phi) is 6.20. The van der Waals surface area contributed by atoms with Crippen molar-refractivity contribution in [3.05, 3.63) is 0 Å². The van der Waals surface area contributed by atoms with Gasteiger partial charge in [0.15, 0.2) is 8.32 Å². The van der Waals surface area contributed by atoms with Crippen LogP contribution in [0.4, 0.5) is 13.2 Å². The molecule has 10 heteroatoms. The van der Waals surface area contributed by atoms with Crippen LogP contribution >= 0.6 is 0 Å². The lowest BCUT2D eigenvalue weighted by atomic mass is 9.91. The Morgan fingerprint density at radius 2 is 1.56 bits per heavy atom. The zero-order chi connectivity index (χ0) is 20.1. The molecule has 0 unspecified atom stereocenters. The first-order valence-electron chi connectivity index (χ1n) is 8.20. The first-order chi connectivity index (χ1) is 10.8. The fourth-order valence-corrected chi connectivity index (χ4v) is 3.95. The van der Waals surface area contributed by atoms with Gasteiger partial charge in [0.25, 0.3) is 0 Å². The molecule has 0 aromatic heterocycles. The highest BCUT2D eigenvalue weighted by Crippen LogP contribution is 2.39. The summed E-state index contributed by atoms with van der Waals surface area (Å²) < 4.78 is 71.0. The molecule has 0 amide bonds. The van der Waals surface area contributed by atoms with E-state index in [-0.39, 0.29) is 23.7 Å².